The van der Waals surface area contributed by atoms with Gasteiger partial charge in [0.05, 0.1) is 5.02 Å². The molecule has 1 saturated heterocycles. The molecule has 0 unspecified atom stereocenters. The van der Waals surface area contributed by atoms with Gasteiger partial charge in [0.2, 0.25) is 10.0 Å². The standard InChI is InChI=1S/C16H16ClFN2O2S/c17-13-7-4-8-14(18)16(13)23(21,22)20-9-12(15(19)10-20)11-5-2-1-3-6-11/h1-8,12,15H,9-10,19H2/t12-,15+/m0/s1. The van der Waals surface area contributed by atoms with Crippen LogP contribution in [0.5, 0.6) is 0 Å². The summed E-state index contributed by atoms with van der Waals surface area (Å²) in [6, 6.07) is 13.0. The van der Waals surface area contributed by atoms with E-state index in [1.807, 2.05) is 30.3 Å². The highest BCUT2D eigenvalue weighted by atomic mass is 35.5. The molecule has 7 heteroatoms. The Morgan fingerprint density at radius 2 is 1.78 bits per heavy atom. The Labute approximate surface area is 139 Å². The van der Waals surface area contributed by atoms with Gasteiger partial charge < -0.3 is 5.73 Å². The van der Waals surface area contributed by atoms with Crippen LogP contribution in [0.15, 0.2) is 53.4 Å². The van der Waals surface area contributed by atoms with Crippen LogP contribution in [0, 0.1) is 5.82 Å². The van der Waals surface area contributed by atoms with Crippen molar-refractivity contribution in [1.29, 1.82) is 0 Å². The van der Waals surface area contributed by atoms with Crippen LogP contribution in [0.3, 0.4) is 0 Å². The zero-order valence-corrected chi connectivity index (χ0v) is 13.8. The summed E-state index contributed by atoms with van der Waals surface area (Å²) in [7, 11) is -4.03. The van der Waals surface area contributed by atoms with Gasteiger partial charge in [-0.1, -0.05) is 48.0 Å². The van der Waals surface area contributed by atoms with Crippen molar-refractivity contribution >= 4 is 21.6 Å². The molecule has 1 fully saturated rings. The molecule has 0 radical (unpaired) electrons. The first kappa shape index (κ1) is 16.4. The quantitative estimate of drug-likeness (QED) is 0.921. The number of rotatable bonds is 3. The lowest BCUT2D eigenvalue weighted by Crippen LogP contribution is -2.32. The lowest BCUT2D eigenvalue weighted by Gasteiger charge is -2.17. The summed E-state index contributed by atoms with van der Waals surface area (Å²) in [5.74, 6) is -0.981. The normalized spacial score (nSPS) is 22.4. The summed E-state index contributed by atoms with van der Waals surface area (Å²) in [6.45, 7) is 0.338. The molecule has 1 aliphatic heterocycles. The number of hydrogen-bond acceptors (Lipinski definition) is 3. The zero-order chi connectivity index (χ0) is 16.6. The molecule has 0 aliphatic carbocycles. The second kappa shape index (κ2) is 6.20. The van der Waals surface area contributed by atoms with Gasteiger partial charge in [-0.05, 0) is 17.7 Å². The van der Waals surface area contributed by atoms with Gasteiger partial charge in [-0.3, -0.25) is 0 Å². The zero-order valence-electron chi connectivity index (χ0n) is 12.2. The molecule has 2 aromatic rings. The minimum absolute atomic E-state index is 0.123. The maximum Gasteiger partial charge on any atom is 0.247 e. The average molecular weight is 355 g/mol. The third-order valence-electron chi connectivity index (χ3n) is 4.08. The Balaban J connectivity index is 1.94. The van der Waals surface area contributed by atoms with E-state index >= 15 is 0 Å². The van der Waals surface area contributed by atoms with E-state index in [9.17, 15) is 12.8 Å². The molecular formula is C16H16ClFN2O2S. The molecule has 4 nitrogen and oxygen atoms in total. The van der Waals surface area contributed by atoms with Gasteiger partial charge in [0.25, 0.3) is 0 Å². The molecule has 0 spiro atoms. The molecule has 0 aromatic heterocycles. The van der Waals surface area contributed by atoms with Crippen molar-refractivity contribution < 1.29 is 12.8 Å². The molecule has 1 heterocycles. The molecule has 2 atom stereocenters. The minimum Gasteiger partial charge on any atom is -0.326 e. The third-order valence-corrected chi connectivity index (χ3v) is 6.41. The molecule has 2 N–H and O–H groups in total. The van der Waals surface area contributed by atoms with E-state index in [4.69, 9.17) is 17.3 Å². The Kier molecular flexibility index (Phi) is 4.42. The van der Waals surface area contributed by atoms with E-state index in [0.717, 1.165) is 11.6 Å². The monoisotopic (exact) mass is 354 g/mol. The summed E-state index contributed by atoms with van der Waals surface area (Å²) >= 11 is 5.91. The fourth-order valence-corrected chi connectivity index (χ4v) is 4.97. The lowest BCUT2D eigenvalue weighted by atomic mass is 9.95. The fourth-order valence-electron chi connectivity index (χ4n) is 2.90. The number of nitrogens with two attached hydrogens (primary N) is 1. The first-order chi connectivity index (χ1) is 10.9. The van der Waals surface area contributed by atoms with Crippen molar-refractivity contribution in [3.05, 3.63) is 64.9 Å². The predicted octanol–water partition coefficient (Wildman–Crippen LogP) is 2.59. The first-order valence-electron chi connectivity index (χ1n) is 7.16. The van der Waals surface area contributed by atoms with Crippen molar-refractivity contribution in [1.82, 2.24) is 4.31 Å². The minimum atomic E-state index is -4.03. The van der Waals surface area contributed by atoms with E-state index in [0.29, 0.717) is 0 Å². The van der Waals surface area contributed by atoms with E-state index in [1.54, 1.807) is 0 Å². The second-order valence-electron chi connectivity index (χ2n) is 5.55. The van der Waals surface area contributed by atoms with Crippen molar-refractivity contribution in [3.8, 4) is 0 Å². The van der Waals surface area contributed by atoms with Crippen LogP contribution < -0.4 is 5.73 Å². The molecule has 0 amide bonds. The van der Waals surface area contributed by atoms with Crippen molar-refractivity contribution in [2.24, 2.45) is 5.73 Å². The second-order valence-corrected chi connectivity index (χ2v) is 7.84. The van der Waals surface area contributed by atoms with E-state index in [2.05, 4.69) is 0 Å². The average Bonchev–Trinajstić information content (AvgIpc) is 2.90. The van der Waals surface area contributed by atoms with Crippen LogP contribution >= 0.6 is 11.6 Å². The number of benzene rings is 2. The van der Waals surface area contributed by atoms with Crippen LogP contribution in [0.2, 0.25) is 5.02 Å². The summed E-state index contributed by atoms with van der Waals surface area (Å²) in [6.07, 6.45) is 0. The summed E-state index contributed by atoms with van der Waals surface area (Å²) < 4.78 is 40.7. The smallest absolute Gasteiger partial charge is 0.247 e. The van der Waals surface area contributed by atoms with Gasteiger partial charge in [0.15, 0.2) is 0 Å². The van der Waals surface area contributed by atoms with Crippen molar-refractivity contribution in [3.63, 3.8) is 0 Å². The molecular weight excluding hydrogens is 339 g/mol. The molecule has 0 bridgehead atoms. The summed E-state index contributed by atoms with van der Waals surface area (Å²) in [5, 5.41) is -0.123. The van der Waals surface area contributed by atoms with Gasteiger partial charge in [-0.2, -0.15) is 4.31 Å². The number of hydrogen-bond donors (Lipinski definition) is 1. The number of nitrogens with zero attached hydrogens (tertiary/aromatic N) is 1. The lowest BCUT2D eigenvalue weighted by molar-refractivity contribution is 0.463. The Bertz CT molecular complexity index is 794. The van der Waals surface area contributed by atoms with Crippen LogP contribution in [-0.4, -0.2) is 31.9 Å². The Morgan fingerprint density at radius 3 is 2.43 bits per heavy atom. The first-order valence-corrected chi connectivity index (χ1v) is 8.98. The highest BCUT2D eigenvalue weighted by Gasteiger charge is 2.40. The maximum atomic E-state index is 14.0. The fraction of sp³-hybridized carbons (Fsp3) is 0.250. The van der Waals surface area contributed by atoms with Crippen LogP contribution in [-0.2, 0) is 10.0 Å². The Hall–Kier alpha value is -1.47. The van der Waals surface area contributed by atoms with Gasteiger partial charge in [-0.25, -0.2) is 12.8 Å². The van der Waals surface area contributed by atoms with Gasteiger partial charge in [0, 0.05) is 25.0 Å². The van der Waals surface area contributed by atoms with Crippen LogP contribution in [0.4, 0.5) is 4.39 Å². The van der Waals surface area contributed by atoms with Crippen LogP contribution in [0.25, 0.3) is 0 Å². The van der Waals surface area contributed by atoms with Crippen molar-refractivity contribution in [2.75, 3.05) is 13.1 Å². The Morgan fingerprint density at radius 1 is 1.09 bits per heavy atom. The largest absolute Gasteiger partial charge is 0.326 e. The number of halogens is 2. The molecule has 1 aliphatic rings. The summed E-state index contributed by atoms with van der Waals surface area (Å²) in [4.78, 5) is -0.484. The predicted molar refractivity (Wildman–Crippen MR) is 87.3 cm³/mol. The van der Waals surface area contributed by atoms with Crippen LogP contribution in [0.1, 0.15) is 11.5 Å². The highest BCUT2D eigenvalue weighted by Crippen LogP contribution is 2.33. The van der Waals surface area contributed by atoms with Gasteiger partial charge >= 0.3 is 0 Å². The van der Waals surface area contributed by atoms with Crippen molar-refractivity contribution in [2.45, 2.75) is 16.9 Å². The molecule has 3 rings (SSSR count). The SMILES string of the molecule is N[C@@H]1CN(S(=O)(=O)c2c(F)cccc2Cl)C[C@H]1c1ccccc1. The van der Waals surface area contributed by atoms with E-state index in [1.165, 1.54) is 16.4 Å². The summed E-state index contributed by atoms with van der Waals surface area (Å²) in [5.41, 5.74) is 7.09. The molecule has 23 heavy (non-hydrogen) atoms. The van der Waals surface area contributed by atoms with Gasteiger partial charge in [0.1, 0.15) is 10.7 Å². The molecule has 122 valence electrons. The van der Waals surface area contributed by atoms with E-state index < -0.39 is 20.7 Å². The molecule has 2 aromatic carbocycles. The maximum absolute atomic E-state index is 14.0. The molecule has 0 saturated carbocycles. The topological polar surface area (TPSA) is 63.4 Å². The van der Waals surface area contributed by atoms with E-state index in [-0.39, 0.29) is 30.1 Å². The van der Waals surface area contributed by atoms with Gasteiger partial charge in [-0.15, -0.1) is 0 Å². The third kappa shape index (κ3) is 2.99. The highest BCUT2D eigenvalue weighted by molar-refractivity contribution is 7.89. The number of sulfonamides is 1.